The largest absolute Gasteiger partial charge is 0.494 e. The maximum Gasteiger partial charge on any atom is 0.251 e. The molecule has 1 aromatic rings. The van der Waals surface area contributed by atoms with Gasteiger partial charge in [0, 0.05) is 18.5 Å². The molecule has 1 fully saturated rings. The molecule has 140 valence electrons. The monoisotopic (exact) mass is 349 g/mol. The van der Waals surface area contributed by atoms with E-state index in [9.17, 15) is 9.90 Å². The molecule has 1 aromatic carbocycles. The van der Waals surface area contributed by atoms with Crippen LogP contribution in [0.25, 0.3) is 0 Å². The zero-order chi connectivity index (χ0) is 18.3. The molecule has 5 nitrogen and oxygen atoms in total. The summed E-state index contributed by atoms with van der Waals surface area (Å²) in [7, 11) is 0. The van der Waals surface area contributed by atoms with Crippen LogP contribution in [-0.4, -0.2) is 42.0 Å². The van der Waals surface area contributed by atoms with E-state index in [1.54, 1.807) is 12.1 Å². The summed E-state index contributed by atoms with van der Waals surface area (Å²) in [5.41, 5.74) is -0.487. The van der Waals surface area contributed by atoms with Crippen LogP contribution in [-0.2, 0) is 4.74 Å². The van der Waals surface area contributed by atoms with E-state index in [0.29, 0.717) is 44.6 Å². The molecule has 25 heavy (non-hydrogen) atoms. The van der Waals surface area contributed by atoms with Crippen molar-refractivity contribution in [1.29, 1.82) is 0 Å². The Morgan fingerprint density at radius 1 is 1.32 bits per heavy atom. The van der Waals surface area contributed by atoms with Crippen LogP contribution >= 0.6 is 0 Å². The first-order valence-electron chi connectivity index (χ1n) is 9.21. The highest BCUT2D eigenvalue weighted by molar-refractivity contribution is 5.94. The van der Waals surface area contributed by atoms with E-state index in [4.69, 9.17) is 9.47 Å². The molecule has 0 saturated carbocycles. The summed E-state index contributed by atoms with van der Waals surface area (Å²) in [6.07, 6.45) is 3.84. The van der Waals surface area contributed by atoms with E-state index in [-0.39, 0.29) is 11.5 Å². The van der Waals surface area contributed by atoms with Gasteiger partial charge in [0.05, 0.1) is 24.4 Å². The normalized spacial score (nSPS) is 22.4. The van der Waals surface area contributed by atoms with E-state index >= 15 is 0 Å². The van der Waals surface area contributed by atoms with E-state index in [1.165, 1.54) is 0 Å². The van der Waals surface area contributed by atoms with Crippen LogP contribution in [0.5, 0.6) is 5.75 Å². The summed E-state index contributed by atoms with van der Waals surface area (Å²) in [6.45, 7) is 7.78. The topological polar surface area (TPSA) is 67.8 Å². The van der Waals surface area contributed by atoms with Crippen LogP contribution in [0.4, 0.5) is 0 Å². The average Bonchev–Trinajstić information content (AvgIpc) is 2.54. The number of aliphatic hydroxyl groups is 1. The smallest absolute Gasteiger partial charge is 0.251 e. The summed E-state index contributed by atoms with van der Waals surface area (Å²) in [4.78, 5) is 12.2. The number of rotatable bonds is 8. The van der Waals surface area contributed by atoms with Gasteiger partial charge in [0.25, 0.3) is 5.91 Å². The van der Waals surface area contributed by atoms with Crippen LogP contribution in [0.15, 0.2) is 24.3 Å². The van der Waals surface area contributed by atoms with Crippen LogP contribution in [0.1, 0.15) is 63.2 Å². The number of carbonyl (C=O) groups is 1. The molecule has 0 unspecified atom stereocenters. The molecule has 1 aliphatic heterocycles. The lowest BCUT2D eigenvalue weighted by atomic mass is 9.82. The molecule has 1 aliphatic rings. The van der Waals surface area contributed by atoms with Gasteiger partial charge in [0.15, 0.2) is 0 Å². The predicted molar refractivity (Wildman–Crippen MR) is 98.0 cm³/mol. The van der Waals surface area contributed by atoms with Gasteiger partial charge < -0.3 is 19.9 Å². The highest BCUT2D eigenvalue weighted by Crippen LogP contribution is 2.33. The summed E-state index contributed by atoms with van der Waals surface area (Å²) < 4.78 is 11.2. The minimum atomic E-state index is -0.772. The molecule has 2 rings (SSSR count). The van der Waals surface area contributed by atoms with Crippen LogP contribution in [0.3, 0.4) is 0 Å². The fourth-order valence-electron chi connectivity index (χ4n) is 3.21. The first-order valence-corrected chi connectivity index (χ1v) is 9.21. The third-order valence-electron chi connectivity index (χ3n) is 4.57. The SMILES string of the molecule is CCCCOc1ccc(C(=O)NCC[C@]2(O)CCOC(C)(C)C2)cc1. The number of nitrogens with one attached hydrogen (secondary N) is 1. The van der Waals surface area contributed by atoms with Crippen molar-refractivity contribution in [2.45, 2.75) is 64.1 Å². The van der Waals surface area contributed by atoms with Gasteiger partial charge >= 0.3 is 0 Å². The summed E-state index contributed by atoms with van der Waals surface area (Å²) in [6, 6.07) is 7.17. The van der Waals surface area contributed by atoms with Gasteiger partial charge in [-0.2, -0.15) is 0 Å². The van der Waals surface area contributed by atoms with E-state index < -0.39 is 5.60 Å². The van der Waals surface area contributed by atoms with Gasteiger partial charge in [-0.15, -0.1) is 0 Å². The Balaban J connectivity index is 1.78. The molecule has 2 N–H and O–H groups in total. The molecule has 0 spiro atoms. The van der Waals surface area contributed by atoms with Gasteiger partial charge in [0.2, 0.25) is 0 Å². The van der Waals surface area contributed by atoms with E-state index in [1.807, 2.05) is 26.0 Å². The maximum atomic E-state index is 12.2. The van der Waals surface area contributed by atoms with Crippen molar-refractivity contribution in [3.63, 3.8) is 0 Å². The summed E-state index contributed by atoms with van der Waals surface area (Å²) in [5, 5.41) is 13.6. The van der Waals surface area contributed by atoms with Gasteiger partial charge in [0.1, 0.15) is 5.75 Å². The van der Waals surface area contributed by atoms with Gasteiger partial charge in [-0.25, -0.2) is 0 Å². The number of benzene rings is 1. The number of carbonyl (C=O) groups excluding carboxylic acids is 1. The molecule has 1 amide bonds. The minimum absolute atomic E-state index is 0.130. The van der Waals surface area contributed by atoms with Crippen molar-refractivity contribution >= 4 is 5.91 Å². The summed E-state index contributed by atoms with van der Waals surface area (Å²) >= 11 is 0. The lowest BCUT2D eigenvalue weighted by Crippen LogP contribution is -2.47. The standard InChI is InChI=1S/C20H31NO4/c1-4-5-13-24-17-8-6-16(7-9-17)18(22)21-12-10-20(23)11-14-25-19(2,3)15-20/h6-9,23H,4-5,10-15H2,1-3H3,(H,21,22)/t20-/m0/s1. The second kappa shape index (κ2) is 8.68. The average molecular weight is 349 g/mol. The number of unbranched alkanes of at least 4 members (excludes halogenated alkanes) is 1. The second-order valence-corrected chi connectivity index (χ2v) is 7.49. The number of hydrogen-bond donors (Lipinski definition) is 2. The third-order valence-corrected chi connectivity index (χ3v) is 4.57. The van der Waals surface area contributed by atoms with Gasteiger partial charge in [-0.05, 0) is 57.4 Å². The molecule has 0 aromatic heterocycles. The number of amides is 1. The number of ether oxygens (including phenoxy) is 2. The predicted octanol–water partition coefficient (Wildman–Crippen LogP) is 3.31. The lowest BCUT2D eigenvalue weighted by Gasteiger charge is -2.41. The molecular formula is C20H31NO4. The van der Waals surface area contributed by atoms with Crippen molar-refractivity contribution < 1.29 is 19.4 Å². The Morgan fingerprint density at radius 2 is 2.04 bits per heavy atom. The van der Waals surface area contributed by atoms with Crippen LogP contribution < -0.4 is 10.1 Å². The molecule has 5 heteroatoms. The molecular weight excluding hydrogens is 318 g/mol. The van der Waals surface area contributed by atoms with E-state index in [0.717, 1.165) is 18.6 Å². The van der Waals surface area contributed by atoms with Crippen molar-refractivity contribution in [3.05, 3.63) is 29.8 Å². The Bertz CT molecular complexity index is 555. The van der Waals surface area contributed by atoms with Crippen LogP contribution in [0.2, 0.25) is 0 Å². The van der Waals surface area contributed by atoms with Gasteiger partial charge in [-0.1, -0.05) is 13.3 Å². The highest BCUT2D eigenvalue weighted by atomic mass is 16.5. The van der Waals surface area contributed by atoms with Crippen LogP contribution in [0, 0.1) is 0 Å². The quantitative estimate of drug-likeness (QED) is 0.707. The molecule has 0 bridgehead atoms. The molecule has 1 atom stereocenters. The van der Waals surface area contributed by atoms with Crippen molar-refractivity contribution in [2.24, 2.45) is 0 Å². The molecule has 1 heterocycles. The van der Waals surface area contributed by atoms with Gasteiger partial charge in [-0.3, -0.25) is 4.79 Å². The molecule has 0 radical (unpaired) electrons. The fourth-order valence-corrected chi connectivity index (χ4v) is 3.21. The van der Waals surface area contributed by atoms with Crippen molar-refractivity contribution in [3.8, 4) is 5.75 Å². The highest BCUT2D eigenvalue weighted by Gasteiger charge is 2.38. The molecule has 0 aliphatic carbocycles. The second-order valence-electron chi connectivity index (χ2n) is 7.49. The zero-order valence-electron chi connectivity index (χ0n) is 15.6. The Kier molecular flexibility index (Phi) is 6.85. The minimum Gasteiger partial charge on any atom is -0.494 e. The first-order chi connectivity index (χ1) is 11.8. The number of hydrogen-bond acceptors (Lipinski definition) is 4. The lowest BCUT2D eigenvalue weighted by molar-refractivity contribution is -0.145. The van der Waals surface area contributed by atoms with E-state index in [2.05, 4.69) is 12.2 Å². The fraction of sp³-hybridized carbons (Fsp3) is 0.650. The Hall–Kier alpha value is -1.59. The zero-order valence-corrected chi connectivity index (χ0v) is 15.6. The Morgan fingerprint density at radius 3 is 2.68 bits per heavy atom. The van der Waals surface area contributed by atoms with Crippen molar-refractivity contribution in [2.75, 3.05) is 19.8 Å². The third kappa shape index (κ3) is 6.33. The molecule has 1 saturated heterocycles. The maximum absolute atomic E-state index is 12.2. The Labute approximate surface area is 150 Å². The summed E-state index contributed by atoms with van der Waals surface area (Å²) in [5.74, 6) is 0.652. The first kappa shape index (κ1) is 19.7. The van der Waals surface area contributed by atoms with Crippen molar-refractivity contribution in [1.82, 2.24) is 5.32 Å².